The number of aliphatic hydroxyl groups is 1. The highest BCUT2D eigenvalue weighted by Gasteiger charge is 2.21. The Hall–Kier alpha value is -1.59. The van der Waals surface area contributed by atoms with Crippen molar-refractivity contribution in [1.29, 1.82) is 0 Å². The molecule has 0 radical (unpaired) electrons. The Morgan fingerprint density at radius 3 is 2.75 bits per heavy atom. The van der Waals surface area contributed by atoms with Gasteiger partial charge in [-0.2, -0.15) is 0 Å². The average Bonchev–Trinajstić information content (AvgIpc) is 2.65. The van der Waals surface area contributed by atoms with E-state index in [1.54, 1.807) is 12.1 Å². The van der Waals surface area contributed by atoms with Gasteiger partial charge in [-0.3, -0.25) is 4.79 Å². The number of hydrogen-bond donors (Lipinski definition) is 2. The van der Waals surface area contributed by atoms with E-state index in [2.05, 4.69) is 18.8 Å². The van der Waals surface area contributed by atoms with Crippen molar-refractivity contribution in [3.05, 3.63) is 29.0 Å². The molecule has 2 rings (SSSR count). The fraction of sp³-hybridized carbons (Fsp3) is 0.429. The smallest absolute Gasteiger partial charge is 0.306 e. The van der Waals surface area contributed by atoms with Crippen LogP contribution in [0.3, 0.4) is 0 Å². The Bertz CT molecular complexity index is 637. The molecule has 1 atom stereocenters. The molecule has 0 bridgehead atoms. The fourth-order valence-electron chi connectivity index (χ4n) is 2.19. The number of carboxylic acids is 1. The summed E-state index contributed by atoms with van der Waals surface area (Å²) >= 11 is 5.94. The number of imidazole rings is 1. The Morgan fingerprint density at radius 2 is 2.15 bits per heavy atom. The van der Waals surface area contributed by atoms with Crippen LogP contribution in [0.4, 0.5) is 0 Å². The second-order valence-electron chi connectivity index (χ2n) is 5.22. The van der Waals surface area contributed by atoms with Crippen molar-refractivity contribution in [2.45, 2.75) is 32.9 Å². The van der Waals surface area contributed by atoms with Gasteiger partial charge in [-0.15, -0.1) is 0 Å². The van der Waals surface area contributed by atoms with Crippen molar-refractivity contribution in [3.63, 3.8) is 0 Å². The van der Waals surface area contributed by atoms with Crippen molar-refractivity contribution in [3.8, 4) is 0 Å². The van der Waals surface area contributed by atoms with Gasteiger partial charge in [0.15, 0.2) is 0 Å². The van der Waals surface area contributed by atoms with Crippen LogP contribution in [0.15, 0.2) is 18.2 Å². The van der Waals surface area contributed by atoms with E-state index in [-0.39, 0.29) is 6.42 Å². The molecule has 0 fully saturated rings. The number of fused-ring (bicyclic) bond motifs is 1. The first-order chi connectivity index (χ1) is 9.38. The molecule has 0 amide bonds. The van der Waals surface area contributed by atoms with Gasteiger partial charge in [0.25, 0.3) is 0 Å². The molecule has 1 aromatic carbocycles. The SMILES string of the molecule is CC(C)Cn1c([C@H](O)CC(=O)O)nc2cc(Cl)ccc21. The topological polar surface area (TPSA) is 75.4 Å². The molecule has 0 aliphatic rings. The molecule has 2 aromatic rings. The number of hydrogen-bond acceptors (Lipinski definition) is 3. The maximum atomic E-state index is 10.8. The zero-order valence-corrected chi connectivity index (χ0v) is 12.1. The number of aromatic nitrogens is 2. The molecule has 20 heavy (non-hydrogen) atoms. The summed E-state index contributed by atoms with van der Waals surface area (Å²) in [6.07, 6.45) is -1.49. The molecule has 6 heteroatoms. The van der Waals surface area contributed by atoms with Crippen LogP contribution >= 0.6 is 11.6 Å². The first kappa shape index (κ1) is 14.8. The first-order valence-electron chi connectivity index (χ1n) is 6.44. The lowest BCUT2D eigenvalue weighted by Crippen LogP contribution is -2.14. The van der Waals surface area contributed by atoms with Crippen molar-refractivity contribution < 1.29 is 15.0 Å². The lowest BCUT2D eigenvalue weighted by Gasteiger charge is -2.14. The monoisotopic (exact) mass is 296 g/mol. The molecule has 0 aliphatic carbocycles. The highest BCUT2D eigenvalue weighted by molar-refractivity contribution is 6.31. The van der Waals surface area contributed by atoms with Crippen LogP contribution in [-0.4, -0.2) is 25.7 Å². The minimum absolute atomic E-state index is 0.346. The predicted octanol–water partition coefficient (Wildman–Crippen LogP) is 2.85. The maximum absolute atomic E-state index is 10.8. The van der Waals surface area contributed by atoms with E-state index >= 15 is 0 Å². The van der Waals surface area contributed by atoms with Gasteiger partial charge in [-0.25, -0.2) is 4.98 Å². The Morgan fingerprint density at radius 1 is 1.45 bits per heavy atom. The van der Waals surface area contributed by atoms with Crippen LogP contribution in [0.25, 0.3) is 11.0 Å². The number of aliphatic hydroxyl groups excluding tert-OH is 1. The molecule has 0 saturated heterocycles. The summed E-state index contributed by atoms with van der Waals surface area (Å²) in [6.45, 7) is 4.76. The van der Waals surface area contributed by atoms with Crippen LogP contribution < -0.4 is 0 Å². The molecule has 1 heterocycles. The summed E-state index contributed by atoms with van der Waals surface area (Å²) < 4.78 is 1.87. The van der Waals surface area contributed by atoms with E-state index in [1.807, 2.05) is 10.6 Å². The van der Waals surface area contributed by atoms with E-state index in [9.17, 15) is 9.90 Å². The average molecular weight is 297 g/mol. The summed E-state index contributed by atoms with van der Waals surface area (Å²) in [6, 6.07) is 5.31. The van der Waals surface area contributed by atoms with Gasteiger partial charge in [-0.1, -0.05) is 25.4 Å². The quantitative estimate of drug-likeness (QED) is 0.889. The molecular weight excluding hydrogens is 280 g/mol. The van der Waals surface area contributed by atoms with Crippen LogP contribution in [0.2, 0.25) is 5.02 Å². The summed E-state index contributed by atoms with van der Waals surface area (Å²) in [5.74, 6) is -0.337. The number of benzene rings is 1. The van der Waals surface area contributed by atoms with Crippen molar-refractivity contribution in [2.75, 3.05) is 0 Å². The second-order valence-corrected chi connectivity index (χ2v) is 5.66. The van der Waals surface area contributed by atoms with Crippen molar-refractivity contribution in [2.24, 2.45) is 5.92 Å². The lowest BCUT2D eigenvalue weighted by atomic mass is 10.2. The number of rotatable bonds is 5. The largest absolute Gasteiger partial charge is 0.481 e. The van der Waals surface area contributed by atoms with Gasteiger partial charge < -0.3 is 14.8 Å². The minimum atomic E-state index is -1.13. The first-order valence-corrected chi connectivity index (χ1v) is 6.81. The summed E-state index contributed by atoms with van der Waals surface area (Å²) in [4.78, 5) is 15.1. The van der Waals surface area contributed by atoms with E-state index < -0.39 is 12.1 Å². The van der Waals surface area contributed by atoms with Crippen molar-refractivity contribution in [1.82, 2.24) is 9.55 Å². The summed E-state index contributed by atoms with van der Waals surface area (Å²) in [7, 11) is 0. The van der Waals surface area contributed by atoms with E-state index in [4.69, 9.17) is 16.7 Å². The number of aliphatic carboxylic acids is 1. The third-order valence-corrected chi connectivity index (χ3v) is 3.19. The van der Waals surface area contributed by atoms with Gasteiger partial charge in [-0.05, 0) is 24.1 Å². The third-order valence-electron chi connectivity index (χ3n) is 2.95. The van der Waals surface area contributed by atoms with E-state index in [1.165, 1.54) is 0 Å². The van der Waals surface area contributed by atoms with Crippen LogP contribution in [-0.2, 0) is 11.3 Å². The van der Waals surface area contributed by atoms with Gasteiger partial charge in [0.1, 0.15) is 11.9 Å². The molecule has 1 aromatic heterocycles. The normalized spacial score (nSPS) is 13.1. The summed E-state index contributed by atoms with van der Waals surface area (Å²) in [5.41, 5.74) is 1.51. The van der Waals surface area contributed by atoms with E-state index in [0.717, 1.165) is 5.52 Å². The van der Waals surface area contributed by atoms with Crippen LogP contribution in [0.5, 0.6) is 0 Å². The van der Waals surface area contributed by atoms with Gasteiger partial charge in [0.2, 0.25) is 0 Å². The lowest BCUT2D eigenvalue weighted by molar-refractivity contribution is -0.139. The standard InChI is InChI=1S/C14H17ClN2O3/c1-8(2)7-17-11-4-3-9(15)5-10(11)16-14(17)12(18)6-13(19)20/h3-5,8,12,18H,6-7H2,1-2H3,(H,19,20)/t12-/m1/s1. The second kappa shape index (κ2) is 5.81. The maximum Gasteiger partial charge on any atom is 0.306 e. The van der Waals surface area contributed by atoms with E-state index in [0.29, 0.717) is 28.8 Å². The third kappa shape index (κ3) is 3.11. The molecule has 0 aliphatic heterocycles. The zero-order valence-electron chi connectivity index (χ0n) is 11.4. The Labute approximate surface area is 121 Å². The number of nitrogens with zero attached hydrogens (tertiary/aromatic N) is 2. The highest BCUT2D eigenvalue weighted by atomic mass is 35.5. The fourth-order valence-corrected chi connectivity index (χ4v) is 2.36. The number of carbonyl (C=O) groups is 1. The molecule has 2 N–H and O–H groups in total. The molecule has 0 spiro atoms. The minimum Gasteiger partial charge on any atom is -0.481 e. The van der Waals surface area contributed by atoms with Gasteiger partial charge in [0, 0.05) is 11.6 Å². The molecule has 0 unspecified atom stereocenters. The van der Waals surface area contributed by atoms with Gasteiger partial charge >= 0.3 is 5.97 Å². The molecule has 108 valence electrons. The zero-order chi connectivity index (χ0) is 14.9. The Kier molecular flexibility index (Phi) is 4.30. The van der Waals surface area contributed by atoms with Crippen molar-refractivity contribution >= 4 is 28.6 Å². The van der Waals surface area contributed by atoms with Gasteiger partial charge in [0.05, 0.1) is 17.5 Å². The predicted molar refractivity (Wildman–Crippen MR) is 76.8 cm³/mol. The number of carboxylic acid groups (broad SMARTS) is 1. The number of halogens is 1. The van der Waals surface area contributed by atoms with Crippen LogP contribution in [0, 0.1) is 5.92 Å². The van der Waals surface area contributed by atoms with Crippen LogP contribution in [0.1, 0.15) is 32.2 Å². The molecule has 0 saturated carbocycles. The Balaban J connectivity index is 2.53. The highest BCUT2D eigenvalue weighted by Crippen LogP contribution is 2.26. The molecular formula is C14H17ClN2O3. The summed E-state index contributed by atoms with van der Waals surface area (Å²) in [5, 5.41) is 19.4. The molecule has 5 nitrogen and oxygen atoms in total.